The number of fused-ring (bicyclic) bond motifs is 3. The molecular formula is C30H32N4O6S. The van der Waals surface area contributed by atoms with Gasteiger partial charge in [0.15, 0.2) is 0 Å². The van der Waals surface area contributed by atoms with Crippen LogP contribution >= 0.6 is 0 Å². The van der Waals surface area contributed by atoms with Gasteiger partial charge in [0.05, 0.1) is 4.90 Å². The molecule has 1 unspecified atom stereocenters. The number of aliphatic imine (C=N–C) groups is 1. The molecule has 0 fully saturated rings. The van der Waals surface area contributed by atoms with Crippen molar-refractivity contribution in [1.29, 1.82) is 0 Å². The number of hydrogen-bond donors (Lipinski definition) is 4. The molecule has 4 N–H and O–H groups in total. The molecule has 1 aliphatic heterocycles. The predicted molar refractivity (Wildman–Crippen MR) is 154 cm³/mol. The van der Waals surface area contributed by atoms with Crippen molar-refractivity contribution in [3.8, 4) is 11.1 Å². The Kier molecular flexibility index (Phi) is 8.25. The first-order valence-electron chi connectivity index (χ1n) is 13.5. The summed E-state index contributed by atoms with van der Waals surface area (Å²) < 4.78 is 33.4. The van der Waals surface area contributed by atoms with Crippen LogP contribution in [0.25, 0.3) is 11.1 Å². The lowest BCUT2D eigenvalue weighted by Crippen LogP contribution is -2.49. The Labute approximate surface area is 238 Å². The van der Waals surface area contributed by atoms with Crippen LogP contribution in [0.2, 0.25) is 0 Å². The van der Waals surface area contributed by atoms with Crippen LogP contribution in [0.3, 0.4) is 0 Å². The molecule has 11 heteroatoms. The zero-order valence-corrected chi connectivity index (χ0v) is 23.4. The number of carbonyl (C=O) groups excluding carboxylic acids is 1. The van der Waals surface area contributed by atoms with Crippen molar-refractivity contribution in [3.63, 3.8) is 0 Å². The van der Waals surface area contributed by atoms with E-state index in [1.165, 1.54) is 12.1 Å². The third-order valence-corrected chi connectivity index (χ3v) is 8.74. The Morgan fingerprint density at radius 2 is 1.66 bits per heavy atom. The summed E-state index contributed by atoms with van der Waals surface area (Å²) in [7, 11) is -3.82. The van der Waals surface area contributed by atoms with Gasteiger partial charge in [-0.1, -0.05) is 66.2 Å². The molecule has 41 heavy (non-hydrogen) atoms. The summed E-state index contributed by atoms with van der Waals surface area (Å²) in [6, 6.07) is 21.0. The third-order valence-electron chi connectivity index (χ3n) is 7.39. The summed E-state index contributed by atoms with van der Waals surface area (Å²) in [6.07, 6.45) is 0.276. The summed E-state index contributed by atoms with van der Waals surface area (Å²) >= 11 is 0. The van der Waals surface area contributed by atoms with E-state index in [0.717, 1.165) is 27.8 Å². The van der Waals surface area contributed by atoms with Crippen LogP contribution in [-0.2, 0) is 19.6 Å². The lowest BCUT2D eigenvalue weighted by molar-refractivity contribution is -0.139. The molecule has 214 valence electrons. The van der Waals surface area contributed by atoms with Crippen molar-refractivity contribution < 1.29 is 27.9 Å². The molecule has 0 aromatic heterocycles. The Hall–Kier alpha value is -4.38. The number of hydrogen-bond acceptors (Lipinski definition) is 7. The molecule has 10 nitrogen and oxygen atoms in total. The van der Waals surface area contributed by atoms with Gasteiger partial charge >= 0.3 is 12.1 Å². The van der Waals surface area contributed by atoms with E-state index in [2.05, 4.69) is 20.3 Å². The lowest BCUT2D eigenvalue weighted by Gasteiger charge is -2.26. The van der Waals surface area contributed by atoms with Crippen molar-refractivity contribution in [1.82, 2.24) is 15.4 Å². The number of carboxylic acids is 1. The Bertz CT molecular complexity index is 1530. The minimum atomic E-state index is -3.82. The van der Waals surface area contributed by atoms with E-state index in [1.54, 1.807) is 12.1 Å². The zero-order valence-electron chi connectivity index (χ0n) is 22.5. The fourth-order valence-corrected chi connectivity index (χ4v) is 6.22. The van der Waals surface area contributed by atoms with Gasteiger partial charge in [-0.15, -0.1) is 0 Å². The number of aliphatic carboxylic acids is 1. The molecule has 1 heterocycles. The molecule has 1 amide bonds. The SMILES string of the molecule is Cc1ccc(S(=O)(=O)NC2=NCCC(CC[C@H](NC(=O)OCC3c4ccccc4-c4ccccc43)C(=O)O)N2)cc1. The van der Waals surface area contributed by atoms with Crippen molar-refractivity contribution >= 4 is 28.0 Å². The maximum absolute atomic E-state index is 12.7. The smallest absolute Gasteiger partial charge is 0.407 e. The molecule has 2 aliphatic rings. The highest BCUT2D eigenvalue weighted by molar-refractivity contribution is 7.90. The summed E-state index contributed by atoms with van der Waals surface area (Å²) in [5, 5.41) is 15.3. The van der Waals surface area contributed by atoms with Gasteiger partial charge in [-0.05, 0) is 60.6 Å². The van der Waals surface area contributed by atoms with Gasteiger partial charge < -0.3 is 20.5 Å². The predicted octanol–water partition coefficient (Wildman–Crippen LogP) is 3.76. The quantitative estimate of drug-likeness (QED) is 0.303. The van der Waals surface area contributed by atoms with Crippen LogP contribution in [0.1, 0.15) is 41.9 Å². The molecule has 0 saturated carbocycles. The summed E-state index contributed by atoms with van der Waals surface area (Å²) in [4.78, 5) is 28.9. The van der Waals surface area contributed by atoms with Gasteiger partial charge in [-0.25, -0.2) is 22.7 Å². The highest BCUT2D eigenvalue weighted by Crippen LogP contribution is 2.44. The molecule has 0 radical (unpaired) electrons. The van der Waals surface area contributed by atoms with Crippen LogP contribution in [0, 0.1) is 6.92 Å². The van der Waals surface area contributed by atoms with E-state index in [1.807, 2.05) is 55.5 Å². The minimum absolute atomic E-state index is 0.0807. The van der Waals surface area contributed by atoms with Gasteiger partial charge in [0.2, 0.25) is 5.96 Å². The molecule has 2 atom stereocenters. The van der Waals surface area contributed by atoms with E-state index >= 15 is 0 Å². The van der Waals surface area contributed by atoms with Crippen LogP contribution < -0.4 is 15.4 Å². The fraction of sp³-hybridized carbons (Fsp3) is 0.300. The second-order valence-electron chi connectivity index (χ2n) is 10.2. The molecule has 0 saturated heterocycles. The van der Waals surface area contributed by atoms with Gasteiger partial charge in [-0.3, -0.25) is 4.99 Å². The molecule has 0 spiro atoms. The van der Waals surface area contributed by atoms with E-state index in [4.69, 9.17) is 4.74 Å². The molecule has 3 aromatic rings. The normalized spacial score (nSPS) is 16.9. The fourth-order valence-electron chi connectivity index (χ4n) is 5.23. The van der Waals surface area contributed by atoms with Gasteiger partial charge in [0.1, 0.15) is 12.6 Å². The van der Waals surface area contributed by atoms with Gasteiger partial charge in [0.25, 0.3) is 10.0 Å². The topological polar surface area (TPSA) is 146 Å². The Balaban J connectivity index is 1.14. The zero-order chi connectivity index (χ0) is 29.0. The summed E-state index contributed by atoms with van der Waals surface area (Å²) in [6.45, 7) is 2.33. The number of guanidine groups is 1. The third kappa shape index (κ3) is 6.51. The standard InChI is InChI=1S/C30H32N4O6S/c1-19-10-13-21(14-11-19)41(38,39)34-29-31-17-16-20(32-29)12-15-27(28(35)36)33-30(37)40-18-26-24-8-4-2-6-22(24)23-7-3-5-9-25(23)26/h2-11,13-14,20,26-27H,12,15-18H2,1H3,(H,33,37)(H,35,36)(H2,31,32,34)/t20?,27-/m0/s1. The van der Waals surface area contributed by atoms with Gasteiger partial charge in [0, 0.05) is 18.5 Å². The number of amides is 1. The number of benzene rings is 3. The maximum atomic E-state index is 12.7. The van der Waals surface area contributed by atoms with Crippen LogP contribution in [-0.4, -0.2) is 56.8 Å². The number of rotatable bonds is 9. The Morgan fingerprint density at radius 1 is 1.02 bits per heavy atom. The van der Waals surface area contributed by atoms with Crippen molar-refractivity contribution in [2.45, 2.75) is 49.1 Å². The van der Waals surface area contributed by atoms with Crippen molar-refractivity contribution in [3.05, 3.63) is 89.5 Å². The van der Waals surface area contributed by atoms with Gasteiger partial charge in [-0.2, -0.15) is 0 Å². The molecule has 0 bridgehead atoms. The number of carbonyl (C=O) groups is 2. The number of nitrogens with zero attached hydrogens (tertiary/aromatic N) is 1. The summed E-state index contributed by atoms with van der Waals surface area (Å²) in [5.74, 6) is -1.20. The van der Waals surface area contributed by atoms with E-state index in [-0.39, 0.29) is 35.8 Å². The second-order valence-corrected chi connectivity index (χ2v) is 11.9. The number of sulfonamides is 1. The summed E-state index contributed by atoms with van der Waals surface area (Å²) in [5.41, 5.74) is 5.27. The second kappa shape index (κ2) is 12.0. The number of ether oxygens (including phenoxy) is 1. The van der Waals surface area contributed by atoms with Crippen molar-refractivity contribution in [2.24, 2.45) is 4.99 Å². The lowest BCUT2D eigenvalue weighted by atomic mass is 9.98. The van der Waals surface area contributed by atoms with Crippen LogP contribution in [0.5, 0.6) is 0 Å². The largest absolute Gasteiger partial charge is 0.480 e. The van der Waals surface area contributed by atoms with E-state index in [0.29, 0.717) is 19.4 Å². The van der Waals surface area contributed by atoms with Crippen LogP contribution in [0.4, 0.5) is 4.79 Å². The Morgan fingerprint density at radius 3 is 2.29 bits per heavy atom. The van der Waals surface area contributed by atoms with E-state index in [9.17, 15) is 23.1 Å². The van der Waals surface area contributed by atoms with Crippen LogP contribution in [0.15, 0.2) is 82.7 Å². The number of carboxylic acid groups (broad SMARTS) is 1. The van der Waals surface area contributed by atoms with Crippen molar-refractivity contribution in [2.75, 3.05) is 13.2 Å². The maximum Gasteiger partial charge on any atom is 0.407 e. The first-order chi connectivity index (χ1) is 19.7. The van der Waals surface area contributed by atoms with E-state index < -0.39 is 28.1 Å². The average molecular weight is 577 g/mol. The highest BCUT2D eigenvalue weighted by atomic mass is 32.2. The minimum Gasteiger partial charge on any atom is -0.480 e. The monoisotopic (exact) mass is 576 g/mol. The number of alkyl carbamates (subject to hydrolysis) is 1. The molecule has 3 aromatic carbocycles. The first-order valence-corrected chi connectivity index (χ1v) is 14.9. The number of nitrogens with one attached hydrogen (secondary N) is 3. The molecule has 5 rings (SSSR count). The number of aryl methyl sites for hydroxylation is 1. The first kappa shape index (κ1) is 28.2. The highest BCUT2D eigenvalue weighted by Gasteiger charge is 2.30. The average Bonchev–Trinajstić information content (AvgIpc) is 3.28. The molecular weight excluding hydrogens is 544 g/mol. The molecule has 1 aliphatic carbocycles.